The van der Waals surface area contributed by atoms with Crippen molar-refractivity contribution in [1.82, 2.24) is 16.0 Å². The van der Waals surface area contributed by atoms with E-state index in [1.165, 1.54) is 35.4 Å². The lowest BCUT2D eigenvalue weighted by molar-refractivity contribution is -0.144. The molecular weight excluding hydrogens is 526 g/mol. The molecule has 0 aliphatic heterocycles. The highest BCUT2D eigenvalue weighted by Gasteiger charge is 2.32. The summed E-state index contributed by atoms with van der Waals surface area (Å²) in [4.78, 5) is 49.5. The molecule has 9 heteroatoms. The summed E-state index contributed by atoms with van der Waals surface area (Å²) in [6, 6.07) is -2.80. The molecule has 0 fully saturated rings. The maximum Gasteiger partial charge on any atom is 0.326 e. The first kappa shape index (κ1) is 37.5. The molecule has 0 aliphatic rings. The summed E-state index contributed by atoms with van der Waals surface area (Å²) in [6.45, 7) is 17.0. The first-order valence-corrected chi connectivity index (χ1v) is 15.5. The van der Waals surface area contributed by atoms with Gasteiger partial charge in [-0.1, -0.05) is 69.1 Å². The van der Waals surface area contributed by atoms with Gasteiger partial charge in [0.2, 0.25) is 17.7 Å². The molecule has 4 atom stereocenters. The van der Waals surface area contributed by atoms with Crippen LogP contribution in [0.1, 0.15) is 94.4 Å². The van der Waals surface area contributed by atoms with Gasteiger partial charge in [-0.2, -0.15) is 11.8 Å². The van der Waals surface area contributed by atoms with E-state index in [4.69, 9.17) is 0 Å². The molecule has 0 saturated heterocycles. The largest absolute Gasteiger partial charge is 0.480 e. The number of nitrogens with one attached hydrogen (secondary N) is 3. The molecule has 0 aromatic carbocycles. The number of hydrogen-bond donors (Lipinski definition) is 4. The number of carboxylic acids is 1. The standard InChI is InChI=1S/C31H53N3O5S/c1-10-24(8)28(31(38)39)34-30(37)27(21(4)5)33-29(36)26(32-25(9)35)19-40-18-17-23(7)16-12-15-22(6)14-11-13-20(2)3/h13,15,17,21,24,26-28H,10-12,14,16,18-19H2,1-9H3,(H,32,35)(H,33,36)(H,34,37)(H,38,39)/b22-15+,23-17+/t24-,26-,27-,28-/m0/s1. The quantitative estimate of drug-likeness (QED) is 0.120. The van der Waals surface area contributed by atoms with Crippen molar-refractivity contribution in [2.24, 2.45) is 11.8 Å². The Morgan fingerprint density at radius 1 is 0.775 bits per heavy atom. The van der Waals surface area contributed by atoms with Gasteiger partial charge in [-0.05, 0) is 65.2 Å². The Labute approximate surface area is 246 Å². The minimum atomic E-state index is -1.11. The Balaban J connectivity index is 5.05. The summed E-state index contributed by atoms with van der Waals surface area (Å²) in [7, 11) is 0. The van der Waals surface area contributed by atoms with Crippen molar-refractivity contribution >= 4 is 35.5 Å². The lowest BCUT2D eigenvalue weighted by atomic mass is 9.97. The van der Waals surface area contributed by atoms with Crippen LogP contribution in [0.25, 0.3) is 0 Å². The molecule has 0 aromatic rings. The molecular formula is C31H53N3O5S. The Bertz CT molecular complexity index is 922. The number of allylic oxidation sites excluding steroid dienone is 5. The minimum Gasteiger partial charge on any atom is -0.480 e. The smallest absolute Gasteiger partial charge is 0.326 e. The Kier molecular flexibility index (Phi) is 19.0. The number of carbonyl (C=O) groups is 4. The van der Waals surface area contributed by atoms with Crippen LogP contribution in [0.5, 0.6) is 0 Å². The summed E-state index contributed by atoms with van der Waals surface area (Å²) in [5.41, 5.74) is 4.02. The molecule has 0 saturated carbocycles. The van der Waals surface area contributed by atoms with Crippen molar-refractivity contribution < 1.29 is 24.3 Å². The summed E-state index contributed by atoms with van der Waals surface area (Å²) in [5, 5.41) is 17.5. The Morgan fingerprint density at radius 2 is 1.32 bits per heavy atom. The molecule has 0 unspecified atom stereocenters. The molecule has 8 nitrogen and oxygen atoms in total. The summed E-state index contributed by atoms with van der Waals surface area (Å²) >= 11 is 1.53. The van der Waals surface area contributed by atoms with E-state index >= 15 is 0 Å². The number of carboxylic acid groups (broad SMARTS) is 1. The fraction of sp³-hybridized carbons (Fsp3) is 0.677. The van der Waals surface area contributed by atoms with Crippen LogP contribution < -0.4 is 16.0 Å². The average Bonchev–Trinajstić information content (AvgIpc) is 2.85. The van der Waals surface area contributed by atoms with Crippen LogP contribution >= 0.6 is 11.8 Å². The van der Waals surface area contributed by atoms with Crippen LogP contribution in [-0.2, 0) is 19.2 Å². The SMILES string of the molecule is CC[C@H](C)[C@H](NC(=O)[C@@H](NC(=O)[C@H](CSC/C=C(\C)CC/C=C(\C)CCC=C(C)C)NC(C)=O)C(C)C)C(=O)O. The average molecular weight is 580 g/mol. The van der Waals surface area contributed by atoms with E-state index in [9.17, 15) is 24.3 Å². The van der Waals surface area contributed by atoms with Gasteiger partial charge >= 0.3 is 5.97 Å². The molecule has 0 aliphatic carbocycles. The molecule has 0 aromatic heterocycles. The Morgan fingerprint density at radius 3 is 1.82 bits per heavy atom. The van der Waals surface area contributed by atoms with Gasteiger partial charge in [0.25, 0.3) is 0 Å². The predicted molar refractivity (Wildman–Crippen MR) is 166 cm³/mol. The zero-order valence-electron chi connectivity index (χ0n) is 26.1. The monoisotopic (exact) mass is 579 g/mol. The number of hydrogen-bond acceptors (Lipinski definition) is 5. The summed E-state index contributed by atoms with van der Waals surface area (Å²) in [6.07, 6.45) is 11.4. The van der Waals surface area contributed by atoms with Gasteiger partial charge in [-0.3, -0.25) is 14.4 Å². The van der Waals surface area contributed by atoms with Gasteiger partial charge in [0.05, 0.1) is 0 Å². The zero-order chi connectivity index (χ0) is 30.8. The summed E-state index contributed by atoms with van der Waals surface area (Å²) < 4.78 is 0. The van der Waals surface area contributed by atoms with Gasteiger partial charge in [0.15, 0.2) is 0 Å². The highest BCUT2D eigenvalue weighted by molar-refractivity contribution is 7.99. The van der Waals surface area contributed by atoms with Gasteiger partial charge < -0.3 is 21.1 Å². The molecule has 40 heavy (non-hydrogen) atoms. The van der Waals surface area contributed by atoms with E-state index in [1.54, 1.807) is 20.8 Å². The van der Waals surface area contributed by atoms with Crippen LogP contribution in [-0.4, -0.2) is 58.4 Å². The highest BCUT2D eigenvalue weighted by Crippen LogP contribution is 2.14. The number of thioether (sulfide) groups is 1. The molecule has 3 amide bonds. The third kappa shape index (κ3) is 16.5. The first-order chi connectivity index (χ1) is 18.7. The van der Waals surface area contributed by atoms with Gasteiger partial charge in [0, 0.05) is 18.4 Å². The van der Waals surface area contributed by atoms with Gasteiger partial charge in [0.1, 0.15) is 18.1 Å². The van der Waals surface area contributed by atoms with Crippen LogP contribution in [0.4, 0.5) is 0 Å². The van der Waals surface area contributed by atoms with Crippen molar-refractivity contribution in [2.45, 2.75) is 113 Å². The molecule has 0 rings (SSSR count). The molecule has 0 spiro atoms. The molecule has 228 valence electrons. The Hall–Kier alpha value is -2.55. The van der Waals surface area contributed by atoms with Crippen LogP contribution in [0, 0.1) is 11.8 Å². The van der Waals surface area contributed by atoms with E-state index in [1.807, 2.05) is 6.92 Å². The lowest BCUT2D eigenvalue weighted by Gasteiger charge is -2.27. The highest BCUT2D eigenvalue weighted by atomic mass is 32.2. The zero-order valence-corrected chi connectivity index (χ0v) is 26.9. The molecule has 0 heterocycles. The van der Waals surface area contributed by atoms with Crippen LogP contribution in [0.15, 0.2) is 34.9 Å². The van der Waals surface area contributed by atoms with E-state index in [0.717, 1.165) is 25.7 Å². The maximum atomic E-state index is 13.1. The third-order valence-corrected chi connectivity index (χ3v) is 7.65. The normalized spacial score (nSPS) is 15.1. The van der Waals surface area contributed by atoms with Crippen molar-refractivity contribution in [3.63, 3.8) is 0 Å². The van der Waals surface area contributed by atoms with Crippen molar-refractivity contribution in [1.29, 1.82) is 0 Å². The second-order valence-corrected chi connectivity index (χ2v) is 12.3. The molecule has 0 radical (unpaired) electrons. The second kappa shape index (κ2) is 20.3. The van der Waals surface area contributed by atoms with Gasteiger partial charge in [-0.25, -0.2) is 4.79 Å². The van der Waals surface area contributed by atoms with Crippen molar-refractivity contribution in [2.75, 3.05) is 11.5 Å². The number of carbonyl (C=O) groups excluding carboxylic acids is 3. The molecule has 4 N–H and O–H groups in total. The summed E-state index contributed by atoms with van der Waals surface area (Å²) in [5.74, 6) is -1.98. The third-order valence-electron chi connectivity index (χ3n) is 6.67. The van der Waals surface area contributed by atoms with Crippen molar-refractivity contribution in [3.8, 4) is 0 Å². The van der Waals surface area contributed by atoms with E-state index in [2.05, 4.69) is 61.9 Å². The van der Waals surface area contributed by atoms with E-state index < -0.39 is 35.9 Å². The van der Waals surface area contributed by atoms with Gasteiger partial charge in [-0.15, -0.1) is 0 Å². The number of amides is 3. The fourth-order valence-electron chi connectivity index (χ4n) is 3.87. The van der Waals surface area contributed by atoms with Crippen LogP contribution in [0.3, 0.4) is 0 Å². The number of rotatable bonds is 19. The first-order valence-electron chi connectivity index (χ1n) is 14.3. The second-order valence-electron chi connectivity index (χ2n) is 11.2. The minimum absolute atomic E-state index is 0.266. The maximum absolute atomic E-state index is 13.1. The number of aliphatic carboxylic acids is 1. The topological polar surface area (TPSA) is 125 Å². The predicted octanol–water partition coefficient (Wildman–Crippen LogP) is 5.40. The van der Waals surface area contributed by atoms with E-state index in [-0.39, 0.29) is 17.7 Å². The van der Waals surface area contributed by atoms with Crippen molar-refractivity contribution in [3.05, 3.63) is 34.9 Å². The molecule has 0 bridgehead atoms. The lowest BCUT2D eigenvalue weighted by Crippen LogP contribution is -2.58. The fourth-order valence-corrected chi connectivity index (χ4v) is 4.88. The van der Waals surface area contributed by atoms with E-state index in [0.29, 0.717) is 17.9 Å². The van der Waals surface area contributed by atoms with Crippen LogP contribution in [0.2, 0.25) is 0 Å².